The van der Waals surface area contributed by atoms with Crippen molar-refractivity contribution in [1.82, 2.24) is 10.3 Å². The van der Waals surface area contributed by atoms with Gasteiger partial charge in [0.15, 0.2) is 0 Å². The molecule has 0 rings (SSSR count). The molecule has 62 valence electrons. The monoisotopic (exact) mass is 147 g/mol. The van der Waals surface area contributed by atoms with Crippen LogP contribution in [0.3, 0.4) is 0 Å². The van der Waals surface area contributed by atoms with Gasteiger partial charge in [-0.05, 0) is 7.05 Å². The summed E-state index contributed by atoms with van der Waals surface area (Å²) in [6, 6.07) is 0. The van der Waals surface area contributed by atoms with Crippen molar-refractivity contribution in [3.05, 3.63) is 0 Å². The summed E-state index contributed by atoms with van der Waals surface area (Å²) in [7, 11) is 9.94. The first-order valence-electron chi connectivity index (χ1n) is 3.37. The first-order chi connectivity index (χ1) is 4.42. The normalized spacial score (nSPS) is 15.9. The van der Waals surface area contributed by atoms with Gasteiger partial charge in [-0.3, -0.25) is 11.1 Å². The molecule has 10 heavy (non-hydrogen) atoms. The molecular formula is C6H19N4+. The van der Waals surface area contributed by atoms with E-state index in [1.807, 2.05) is 40.2 Å². The molecule has 0 aliphatic rings. The third kappa shape index (κ3) is 1.91. The van der Waals surface area contributed by atoms with Crippen LogP contribution in [0, 0.1) is 0 Å². The Morgan fingerprint density at radius 1 is 1.40 bits per heavy atom. The van der Waals surface area contributed by atoms with Crippen LogP contribution in [-0.4, -0.2) is 51.1 Å². The molecule has 1 unspecified atom stereocenters. The number of quaternary nitrogens is 1. The zero-order chi connectivity index (χ0) is 8.36. The number of hydrogen-bond donors (Lipinski definition) is 2. The van der Waals surface area contributed by atoms with Crippen LogP contribution in [0.4, 0.5) is 0 Å². The van der Waals surface area contributed by atoms with Gasteiger partial charge in [-0.15, -0.1) is 0 Å². The van der Waals surface area contributed by atoms with E-state index in [1.54, 1.807) is 0 Å². The van der Waals surface area contributed by atoms with E-state index in [-0.39, 0.29) is 6.29 Å². The molecule has 0 saturated carbocycles. The molecule has 3 N–H and O–H groups in total. The van der Waals surface area contributed by atoms with E-state index < -0.39 is 0 Å². The van der Waals surface area contributed by atoms with E-state index in [2.05, 4.69) is 5.32 Å². The number of rotatable bonds is 3. The standard InChI is InChI=1S/C6H19N4/c1-8-6(7)10(4,5)9(2)3/h6,8H,7H2,1-5H3/q+1. The summed E-state index contributed by atoms with van der Waals surface area (Å²) in [4.78, 5) is 0. The van der Waals surface area contributed by atoms with Gasteiger partial charge >= 0.3 is 0 Å². The molecule has 0 aromatic heterocycles. The van der Waals surface area contributed by atoms with Gasteiger partial charge in [-0.25, -0.2) is 4.59 Å². The minimum atomic E-state index is -0.0463. The molecule has 4 heteroatoms. The highest BCUT2D eigenvalue weighted by Gasteiger charge is 2.25. The van der Waals surface area contributed by atoms with Crippen LogP contribution in [0.25, 0.3) is 0 Å². The minimum absolute atomic E-state index is 0.0463. The predicted octanol–water partition coefficient (Wildman–Crippen LogP) is -0.999. The van der Waals surface area contributed by atoms with Gasteiger partial charge in [0, 0.05) is 14.1 Å². The summed E-state index contributed by atoms with van der Waals surface area (Å²) in [5.41, 5.74) is 5.77. The van der Waals surface area contributed by atoms with E-state index in [1.165, 1.54) is 0 Å². The average molecular weight is 147 g/mol. The van der Waals surface area contributed by atoms with Gasteiger partial charge < -0.3 is 0 Å². The van der Waals surface area contributed by atoms with Crippen LogP contribution in [0.15, 0.2) is 0 Å². The van der Waals surface area contributed by atoms with Crippen molar-refractivity contribution < 1.29 is 4.59 Å². The van der Waals surface area contributed by atoms with Crippen molar-refractivity contribution in [2.45, 2.75) is 6.29 Å². The lowest BCUT2D eigenvalue weighted by Gasteiger charge is -2.39. The molecule has 0 fully saturated rings. The van der Waals surface area contributed by atoms with Gasteiger partial charge in [0.1, 0.15) is 0 Å². The topological polar surface area (TPSA) is 41.3 Å². The fourth-order valence-electron chi connectivity index (χ4n) is 0.565. The molecule has 0 spiro atoms. The summed E-state index contributed by atoms with van der Waals surface area (Å²) in [6.45, 7) is 0. The number of nitrogens with two attached hydrogens (primary N) is 1. The average Bonchev–Trinajstić information content (AvgIpc) is 1.86. The van der Waals surface area contributed by atoms with Crippen LogP contribution in [0.2, 0.25) is 0 Å². The Bertz CT molecular complexity index is 99.9. The maximum Gasteiger partial charge on any atom is 0.214 e. The quantitative estimate of drug-likeness (QED) is 0.306. The molecule has 4 nitrogen and oxygen atoms in total. The Hall–Kier alpha value is -0.160. The fourth-order valence-corrected chi connectivity index (χ4v) is 0.565. The molecule has 0 aliphatic carbocycles. The molecule has 0 bridgehead atoms. The Kier molecular flexibility index (Phi) is 3.24. The van der Waals surface area contributed by atoms with Gasteiger partial charge in [-0.1, -0.05) is 0 Å². The molecular weight excluding hydrogens is 128 g/mol. The predicted molar refractivity (Wildman–Crippen MR) is 42.8 cm³/mol. The highest BCUT2D eigenvalue weighted by Crippen LogP contribution is 2.00. The minimum Gasteiger partial charge on any atom is -0.266 e. The number of nitrogens with one attached hydrogen (secondary N) is 1. The summed E-state index contributed by atoms with van der Waals surface area (Å²) in [5, 5.41) is 5.04. The third-order valence-electron chi connectivity index (χ3n) is 2.01. The maximum atomic E-state index is 5.77. The highest BCUT2D eigenvalue weighted by molar-refractivity contribution is 4.35. The van der Waals surface area contributed by atoms with E-state index in [0.29, 0.717) is 4.59 Å². The molecule has 0 aliphatic heterocycles. The van der Waals surface area contributed by atoms with Crippen molar-refractivity contribution in [1.29, 1.82) is 0 Å². The second-order valence-corrected chi connectivity index (χ2v) is 3.06. The second kappa shape index (κ2) is 3.30. The first-order valence-corrected chi connectivity index (χ1v) is 3.37. The van der Waals surface area contributed by atoms with Crippen LogP contribution >= 0.6 is 0 Å². The lowest BCUT2D eigenvalue weighted by atomic mass is 10.6. The van der Waals surface area contributed by atoms with E-state index in [4.69, 9.17) is 5.73 Å². The number of hydrogen-bond acceptors (Lipinski definition) is 3. The highest BCUT2D eigenvalue weighted by atomic mass is 15.8. The van der Waals surface area contributed by atoms with E-state index >= 15 is 0 Å². The van der Waals surface area contributed by atoms with Gasteiger partial charge in [0.05, 0.1) is 14.1 Å². The summed E-state index contributed by atoms with van der Waals surface area (Å²) in [6.07, 6.45) is -0.0463. The summed E-state index contributed by atoms with van der Waals surface area (Å²) in [5.74, 6) is 0. The lowest BCUT2D eigenvalue weighted by Crippen LogP contribution is -2.65. The van der Waals surface area contributed by atoms with E-state index in [0.717, 1.165) is 0 Å². The molecule has 0 aromatic rings. The van der Waals surface area contributed by atoms with Crippen LogP contribution in [0.1, 0.15) is 0 Å². The molecule has 1 atom stereocenters. The van der Waals surface area contributed by atoms with Crippen LogP contribution in [-0.2, 0) is 0 Å². The first kappa shape index (κ1) is 9.84. The third-order valence-corrected chi connectivity index (χ3v) is 2.01. The summed E-state index contributed by atoms with van der Waals surface area (Å²) < 4.78 is 0.635. The van der Waals surface area contributed by atoms with E-state index in [9.17, 15) is 0 Å². The van der Waals surface area contributed by atoms with Crippen molar-refractivity contribution >= 4 is 0 Å². The molecule has 0 aromatic carbocycles. The van der Waals surface area contributed by atoms with Gasteiger partial charge in [-0.2, -0.15) is 5.01 Å². The SMILES string of the molecule is CNC(N)[N+](C)(C)N(C)C. The van der Waals surface area contributed by atoms with Crippen molar-refractivity contribution in [3.8, 4) is 0 Å². The van der Waals surface area contributed by atoms with Crippen molar-refractivity contribution in [3.63, 3.8) is 0 Å². The molecule has 0 saturated heterocycles. The Morgan fingerprint density at radius 2 is 1.80 bits per heavy atom. The smallest absolute Gasteiger partial charge is 0.214 e. The molecule has 0 radical (unpaired) electrons. The largest absolute Gasteiger partial charge is 0.266 e. The zero-order valence-corrected chi connectivity index (χ0v) is 7.55. The van der Waals surface area contributed by atoms with Gasteiger partial charge in [0.25, 0.3) is 0 Å². The molecule has 0 heterocycles. The maximum absolute atomic E-state index is 5.77. The fraction of sp³-hybridized carbons (Fsp3) is 1.00. The van der Waals surface area contributed by atoms with Crippen molar-refractivity contribution in [2.24, 2.45) is 5.73 Å². The van der Waals surface area contributed by atoms with Gasteiger partial charge in [0.2, 0.25) is 6.29 Å². The zero-order valence-electron chi connectivity index (χ0n) is 7.55. The van der Waals surface area contributed by atoms with Crippen molar-refractivity contribution in [2.75, 3.05) is 35.2 Å². The molecule has 0 amide bonds. The van der Waals surface area contributed by atoms with Crippen LogP contribution in [0.5, 0.6) is 0 Å². The number of nitrogens with zero attached hydrogens (tertiary/aromatic N) is 2. The second-order valence-electron chi connectivity index (χ2n) is 3.06. The summed E-state index contributed by atoms with van der Waals surface area (Å²) >= 11 is 0. The van der Waals surface area contributed by atoms with Crippen LogP contribution < -0.4 is 11.1 Å². The Labute approximate surface area is 63.2 Å². The lowest BCUT2D eigenvalue weighted by molar-refractivity contribution is -1.02. The Balaban J connectivity index is 4.09. The Morgan fingerprint density at radius 3 is 1.90 bits per heavy atom.